The number of urea groups is 1. The Hall–Kier alpha value is -4.13. The zero-order valence-corrected chi connectivity index (χ0v) is 20.8. The summed E-state index contributed by atoms with van der Waals surface area (Å²) in [5.74, 6) is -0.663. The van der Waals surface area contributed by atoms with Crippen LogP contribution in [0.15, 0.2) is 78.0 Å². The molecule has 3 aromatic carbocycles. The average Bonchev–Trinajstić information content (AvgIpc) is 2.88. The van der Waals surface area contributed by atoms with Crippen molar-refractivity contribution in [2.45, 2.75) is 39.7 Å². The van der Waals surface area contributed by atoms with E-state index in [1.807, 2.05) is 36.4 Å². The number of anilines is 1. The summed E-state index contributed by atoms with van der Waals surface area (Å²) in [6, 6.07) is 19.7. The second-order valence-electron chi connectivity index (χ2n) is 8.75. The number of hydrogen-bond donors (Lipinski definition) is 2. The molecule has 3 amide bonds. The number of fused-ring (bicyclic) bond motifs is 1. The Kier molecular flexibility index (Phi) is 7.68. The highest BCUT2D eigenvalue weighted by atomic mass is 16.5. The number of benzene rings is 3. The molecule has 0 aromatic heterocycles. The van der Waals surface area contributed by atoms with Crippen LogP contribution < -0.4 is 10.6 Å². The minimum Gasteiger partial charge on any atom is -0.463 e. The highest BCUT2D eigenvalue weighted by Crippen LogP contribution is 2.32. The molecule has 0 saturated carbocycles. The van der Waals surface area contributed by atoms with Crippen LogP contribution in [0.25, 0.3) is 10.8 Å². The standard InChI is InChI=1S/C29H31N3O4/c1-4-6-17-32-19(3)25(28(34)36-5-2)26(31-29(32)35)21-13-15-24(16-14-21)30-27(33)23-12-11-20-9-7-8-10-22(20)18-23/h7-16,18,26H,4-6,17H2,1-3H3,(H,30,33)(H,31,35). The van der Waals surface area contributed by atoms with Crippen LogP contribution in [0.2, 0.25) is 0 Å². The number of carbonyl (C=O) groups is 3. The van der Waals surface area contributed by atoms with Gasteiger partial charge in [-0.25, -0.2) is 9.59 Å². The third-order valence-electron chi connectivity index (χ3n) is 6.34. The van der Waals surface area contributed by atoms with Gasteiger partial charge in [0.2, 0.25) is 0 Å². The van der Waals surface area contributed by atoms with Crippen molar-refractivity contribution in [3.63, 3.8) is 0 Å². The van der Waals surface area contributed by atoms with Crippen LogP contribution in [0, 0.1) is 0 Å². The van der Waals surface area contributed by atoms with E-state index in [1.165, 1.54) is 0 Å². The van der Waals surface area contributed by atoms with Crippen molar-refractivity contribution in [3.05, 3.63) is 89.1 Å². The van der Waals surface area contributed by atoms with Crippen LogP contribution in [0.5, 0.6) is 0 Å². The van der Waals surface area contributed by atoms with Crippen LogP contribution in [0.4, 0.5) is 10.5 Å². The van der Waals surface area contributed by atoms with E-state index >= 15 is 0 Å². The molecule has 4 rings (SSSR count). The monoisotopic (exact) mass is 485 g/mol. The normalized spacial score (nSPS) is 15.6. The quantitative estimate of drug-likeness (QED) is 0.395. The van der Waals surface area contributed by atoms with Crippen LogP contribution in [0.3, 0.4) is 0 Å². The summed E-state index contributed by atoms with van der Waals surface area (Å²) in [6.45, 7) is 6.36. The zero-order valence-electron chi connectivity index (χ0n) is 20.8. The van der Waals surface area contributed by atoms with Crippen molar-refractivity contribution in [1.29, 1.82) is 0 Å². The summed E-state index contributed by atoms with van der Waals surface area (Å²) in [5, 5.41) is 7.94. The van der Waals surface area contributed by atoms with Gasteiger partial charge >= 0.3 is 12.0 Å². The summed E-state index contributed by atoms with van der Waals surface area (Å²) >= 11 is 0. The summed E-state index contributed by atoms with van der Waals surface area (Å²) in [5.41, 5.74) is 2.92. The van der Waals surface area contributed by atoms with Crippen LogP contribution in [-0.2, 0) is 9.53 Å². The molecule has 0 saturated heterocycles. The summed E-state index contributed by atoms with van der Waals surface area (Å²) < 4.78 is 5.32. The molecule has 0 spiro atoms. The van der Waals surface area contributed by atoms with Gasteiger partial charge in [-0.15, -0.1) is 0 Å². The van der Waals surface area contributed by atoms with E-state index in [4.69, 9.17) is 4.74 Å². The molecular formula is C29H31N3O4. The number of hydrogen-bond acceptors (Lipinski definition) is 4. The summed E-state index contributed by atoms with van der Waals surface area (Å²) in [7, 11) is 0. The van der Waals surface area contributed by atoms with Crippen molar-refractivity contribution in [1.82, 2.24) is 10.2 Å². The van der Waals surface area contributed by atoms with Gasteiger partial charge in [0.1, 0.15) is 0 Å². The van der Waals surface area contributed by atoms with Crippen molar-refractivity contribution < 1.29 is 19.1 Å². The van der Waals surface area contributed by atoms with E-state index in [-0.39, 0.29) is 18.5 Å². The van der Waals surface area contributed by atoms with E-state index in [0.717, 1.165) is 29.2 Å². The Morgan fingerprint density at radius 2 is 1.72 bits per heavy atom. The van der Waals surface area contributed by atoms with E-state index in [9.17, 15) is 14.4 Å². The lowest BCUT2D eigenvalue weighted by Gasteiger charge is -2.35. The molecule has 7 nitrogen and oxygen atoms in total. The maximum atomic E-state index is 12.9. The Labute approximate surface area is 211 Å². The van der Waals surface area contributed by atoms with Gasteiger partial charge in [-0.3, -0.25) is 9.69 Å². The van der Waals surface area contributed by atoms with Crippen molar-refractivity contribution in [2.24, 2.45) is 0 Å². The Morgan fingerprint density at radius 1 is 1.00 bits per heavy atom. The van der Waals surface area contributed by atoms with Crippen LogP contribution in [-0.4, -0.2) is 36.0 Å². The first-order valence-electron chi connectivity index (χ1n) is 12.3. The van der Waals surface area contributed by atoms with Gasteiger partial charge < -0.3 is 15.4 Å². The lowest BCUT2D eigenvalue weighted by Crippen LogP contribution is -2.48. The molecular weight excluding hydrogens is 454 g/mol. The first-order chi connectivity index (χ1) is 17.4. The average molecular weight is 486 g/mol. The molecule has 3 aromatic rings. The van der Waals surface area contributed by atoms with Crippen molar-refractivity contribution in [3.8, 4) is 0 Å². The van der Waals surface area contributed by atoms with Gasteiger partial charge in [0.15, 0.2) is 0 Å². The highest BCUT2D eigenvalue weighted by Gasteiger charge is 2.36. The molecule has 36 heavy (non-hydrogen) atoms. The molecule has 0 bridgehead atoms. The third-order valence-corrected chi connectivity index (χ3v) is 6.34. The fourth-order valence-corrected chi connectivity index (χ4v) is 4.38. The topological polar surface area (TPSA) is 87.7 Å². The smallest absolute Gasteiger partial charge is 0.338 e. The van der Waals surface area contributed by atoms with Crippen molar-refractivity contribution >= 4 is 34.4 Å². The Morgan fingerprint density at radius 3 is 2.42 bits per heavy atom. The Bertz CT molecular complexity index is 1310. The number of carbonyl (C=O) groups excluding carboxylic acids is 3. The largest absolute Gasteiger partial charge is 0.463 e. The molecule has 0 radical (unpaired) electrons. The van der Waals surface area contributed by atoms with E-state index < -0.39 is 12.0 Å². The molecule has 0 fully saturated rings. The van der Waals surface area contributed by atoms with E-state index in [0.29, 0.717) is 29.1 Å². The first kappa shape index (κ1) is 25.0. The number of rotatable bonds is 8. The van der Waals surface area contributed by atoms with Gasteiger partial charge in [0, 0.05) is 23.5 Å². The fraction of sp³-hybridized carbons (Fsp3) is 0.276. The maximum Gasteiger partial charge on any atom is 0.338 e. The molecule has 7 heteroatoms. The van der Waals surface area contributed by atoms with Gasteiger partial charge in [0.25, 0.3) is 5.91 Å². The van der Waals surface area contributed by atoms with Gasteiger partial charge in [0.05, 0.1) is 18.2 Å². The molecule has 0 aliphatic carbocycles. The first-order valence-corrected chi connectivity index (χ1v) is 12.3. The second-order valence-corrected chi connectivity index (χ2v) is 8.75. The van der Waals surface area contributed by atoms with Crippen molar-refractivity contribution in [2.75, 3.05) is 18.5 Å². The summed E-state index contributed by atoms with van der Waals surface area (Å²) in [6.07, 6.45) is 1.76. The van der Waals surface area contributed by atoms with Crippen LogP contribution in [0.1, 0.15) is 55.6 Å². The minimum atomic E-state index is -0.639. The molecule has 1 heterocycles. The molecule has 1 atom stereocenters. The van der Waals surface area contributed by atoms with E-state index in [2.05, 4.69) is 17.6 Å². The number of nitrogens with one attached hydrogen (secondary N) is 2. The van der Waals surface area contributed by atoms with Gasteiger partial charge in [-0.2, -0.15) is 0 Å². The maximum absolute atomic E-state index is 12.9. The number of nitrogens with zero attached hydrogens (tertiary/aromatic N) is 1. The molecule has 2 N–H and O–H groups in total. The molecule has 1 aliphatic rings. The SMILES string of the molecule is CCCCN1C(=O)NC(c2ccc(NC(=O)c3ccc4ccccc4c3)cc2)C(C(=O)OCC)=C1C. The highest BCUT2D eigenvalue weighted by molar-refractivity contribution is 6.06. The molecule has 186 valence electrons. The number of esters is 1. The number of unbranched alkanes of at least 4 members (excludes halogenated alkanes) is 1. The lowest BCUT2D eigenvalue weighted by atomic mass is 9.94. The molecule has 1 unspecified atom stereocenters. The fourth-order valence-electron chi connectivity index (χ4n) is 4.38. The predicted octanol–water partition coefficient (Wildman–Crippen LogP) is 5.80. The summed E-state index contributed by atoms with van der Waals surface area (Å²) in [4.78, 5) is 40.1. The number of ether oxygens (including phenoxy) is 1. The van der Waals surface area contributed by atoms with Gasteiger partial charge in [-0.05, 0) is 60.9 Å². The van der Waals surface area contributed by atoms with E-state index in [1.54, 1.807) is 49.1 Å². The second kappa shape index (κ2) is 11.1. The lowest BCUT2D eigenvalue weighted by molar-refractivity contribution is -0.139. The number of allylic oxidation sites excluding steroid dienone is 1. The third kappa shape index (κ3) is 5.25. The molecule has 1 aliphatic heterocycles. The zero-order chi connectivity index (χ0) is 25.7. The minimum absolute atomic E-state index is 0.214. The number of amides is 3. The Balaban J connectivity index is 1.56. The van der Waals surface area contributed by atoms with Gasteiger partial charge in [-0.1, -0.05) is 55.8 Å². The van der Waals surface area contributed by atoms with Crippen LogP contribution >= 0.6 is 0 Å². The predicted molar refractivity (Wildman–Crippen MR) is 141 cm³/mol.